The Kier molecular flexibility index (Phi) is 8.35. The Labute approximate surface area is 183 Å². The number of hydrogen-bond acceptors (Lipinski definition) is 4. The van der Waals surface area contributed by atoms with Crippen molar-refractivity contribution in [1.82, 2.24) is 10.3 Å². The van der Waals surface area contributed by atoms with E-state index in [0.29, 0.717) is 11.6 Å². The Morgan fingerprint density at radius 2 is 1.75 bits per heavy atom. The Hall–Kier alpha value is -1.56. The van der Waals surface area contributed by atoms with E-state index >= 15 is 0 Å². The number of halogens is 3. The molecule has 0 saturated carbocycles. The zero-order valence-electron chi connectivity index (χ0n) is 15.5. The van der Waals surface area contributed by atoms with E-state index in [9.17, 15) is 0 Å². The van der Waals surface area contributed by atoms with E-state index in [2.05, 4.69) is 52.7 Å². The molecule has 3 aromatic rings. The maximum absolute atomic E-state index is 6.56. The van der Waals surface area contributed by atoms with Crippen molar-refractivity contribution in [3.05, 3.63) is 59.1 Å². The second kappa shape index (κ2) is 10.3. The molecular weight excluding hydrogens is 415 g/mol. The van der Waals surface area contributed by atoms with Crippen LogP contribution in [0.4, 0.5) is 5.82 Å². The van der Waals surface area contributed by atoms with Gasteiger partial charge in [0, 0.05) is 31.6 Å². The Bertz CT molecular complexity index is 927. The quantitative estimate of drug-likeness (QED) is 0.636. The van der Waals surface area contributed by atoms with Gasteiger partial charge in [0.15, 0.2) is 0 Å². The molecular formula is C21H25Cl3N4. The maximum atomic E-state index is 6.56. The molecule has 0 aliphatic carbocycles. The monoisotopic (exact) mass is 438 g/mol. The van der Waals surface area contributed by atoms with Crippen molar-refractivity contribution < 1.29 is 0 Å². The summed E-state index contributed by atoms with van der Waals surface area (Å²) in [6.07, 6.45) is 0.892. The highest BCUT2D eigenvalue weighted by Crippen LogP contribution is 2.31. The number of piperazine rings is 1. The summed E-state index contributed by atoms with van der Waals surface area (Å²) in [6.45, 7) is 4.46. The molecule has 1 aliphatic heterocycles. The van der Waals surface area contributed by atoms with Gasteiger partial charge in [-0.15, -0.1) is 24.8 Å². The van der Waals surface area contributed by atoms with E-state index in [1.807, 2.05) is 6.07 Å². The van der Waals surface area contributed by atoms with Gasteiger partial charge in [-0.25, -0.2) is 4.98 Å². The molecule has 0 unspecified atom stereocenters. The SMILES string of the molecule is Cl.Cl.NCCc1cccc(-c2ccc3nc(N4CCNCC4)c(Cl)cc3c2)c1. The Morgan fingerprint density at radius 1 is 1.00 bits per heavy atom. The smallest absolute Gasteiger partial charge is 0.148 e. The summed E-state index contributed by atoms with van der Waals surface area (Å²) in [6, 6.07) is 17.0. The van der Waals surface area contributed by atoms with Crippen LogP contribution in [0.3, 0.4) is 0 Å². The number of nitrogens with zero attached hydrogens (tertiary/aromatic N) is 2. The molecule has 1 saturated heterocycles. The summed E-state index contributed by atoms with van der Waals surface area (Å²) in [5.41, 5.74) is 10.3. The topological polar surface area (TPSA) is 54.2 Å². The van der Waals surface area contributed by atoms with Crippen molar-refractivity contribution >= 4 is 53.1 Å². The predicted molar refractivity (Wildman–Crippen MR) is 125 cm³/mol. The fourth-order valence-electron chi connectivity index (χ4n) is 3.49. The highest BCUT2D eigenvalue weighted by molar-refractivity contribution is 6.33. The summed E-state index contributed by atoms with van der Waals surface area (Å²) in [4.78, 5) is 7.08. The molecule has 0 spiro atoms. The van der Waals surface area contributed by atoms with Gasteiger partial charge in [-0.05, 0) is 47.9 Å². The van der Waals surface area contributed by atoms with Crippen molar-refractivity contribution in [2.45, 2.75) is 6.42 Å². The van der Waals surface area contributed by atoms with Gasteiger partial charge in [0.05, 0.1) is 10.5 Å². The molecule has 0 bridgehead atoms. The van der Waals surface area contributed by atoms with Crippen LogP contribution < -0.4 is 16.0 Å². The van der Waals surface area contributed by atoms with Gasteiger partial charge in [-0.1, -0.05) is 41.9 Å². The van der Waals surface area contributed by atoms with E-state index < -0.39 is 0 Å². The van der Waals surface area contributed by atoms with Gasteiger partial charge in [0.25, 0.3) is 0 Å². The van der Waals surface area contributed by atoms with Crippen molar-refractivity contribution in [3.63, 3.8) is 0 Å². The molecule has 4 rings (SSSR count). The van der Waals surface area contributed by atoms with Crippen LogP contribution in [-0.2, 0) is 6.42 Å². The first-order valence-electron chi connectivity index (χ1n) is 9.10. The third kappa shape index (κ3) is 4.88. The molecule has 0 radical (unpaired) electrons. The van der Waals surface area contributed by atoms with Crippen LogP contribution in [0.2, 0.25) is 5.02 Å². The average Bonchev–Trinajstić information content (AvgIpc) is 2.68. The summed E-state index contributed by atoms with van der Waals surface area (Å²) in [5, 5.41) is 5.14. The van der Waals surface area contributed by atoms with Crippen LogP contribution in [0.25, 0.3) is 22.0 Å². The standard InChI is InChI=1S/C21H23ClN4.2ClH/c22-19-14-18-13-17(16-3-1-2-15(12-16)6-7-23)4-5-20(18)25-21(19)26-10-8-24-9-11-26;;/h1-5,12-14,24H,6-11,23H2;2*1H. The third-order valence-corrected chi connectivity index (χ3v) is 5.14. The van der Waals surface area contributed by atoms with Gasteiger partial charge in [-0.3, -0.25) is 0 Å². The molecule has 1 fully saturated rings. The number of rotatable bonds is 4. The Morgan fingerprint density at radius 3 is 2.50 bits per heavy atom. The van der Waals surface area contributed by atoms with Crippen molar-refractivity contribution in [2.24, 2.45) is 5.73 Å². The first kappa shape index (κ1) is 22.7. The lowest BCUT2D eigenvalue weighted by Gasteiger charge is -2.29. The average molecular weight is 440 g/mol. The van der Waals surface area contributed by atoms with Crippen LogP contribution in [-0.4, -0.2) is 37.7 Å². The fourth-order valence-corrected chi connectivity index (χ4v) is 3.77. The number of aromatic nitrogens is 1. The summed E-state index contributed by atoms with van der Waals surface area (Å²) >= 11 is 6.56. The van der Waals surface area contributed by atoms with Crippen LogP contribution in [0.15, 0.2) is 48.5 Å². The molecule has 0 amide bonds. The van der Waals surface area contributed by atoms with E-state index in [0.717, 1.165) is 49.3 Å². The maximum Gasteiger partial charge on any atom is 0.148 e. The molecule has 2 aromatic carbocycles. The number of nitrogens with two attached hydrogens (primary N) is 1. The van der Waals surface area contributed by atoms with E-state index in [1.165, 1.54) is 16.7 Å². The van der Waals surface area contributed by atoms with Crippen molar-refractivity contribution in [3.8, 4) is 11.1 Å². The summed E-state index contributed by atoms with van der Waals surface area (Å²) < 4.78 is 0. The molecule has 1 aliphatic rings. The lowest BCUT2D eigenvalue weighted by Crippen LogP contribution is -2.44. The molecule has 150 valence electrons. The highest BCUT2D eigenvalue weighted by atomic mass is 35.5. The molecule has 3 N–H and O–H groups in total. The van der Waals surface area contributed by atoms with E-state index in [1.54, 1.807) is 0 Å². The van der Waals surface area contributed by atoms with Crippen molar-refractivity contribution in [1.29, 1.82) is 0 Å². The first-order valence-corrected chi connectivity index (χ1v) is 9.48. The normalized spacial score (nSPS) is 13.7. The first-order chi connectivity index (χ1) is 12.7. The highest BCUT2D eigenvalue weighted by Gasteiger charge is 2.16. The van der Waals surface area contributed by atoms with Crippen LogP contribution in [0.1, 0.15) is 5.56 Å². The number of fused-ring (bicyclic) bond motifs is 1. The van der Waals surface area contributed by atoms with Gasteiger partial charge in [0.2, 0.25) is 0 Å². The van der Waals surface area contributed by atoms with E-state index in [-0.39, 0.29) is 24.8 Å². The van der Waals surface area contributed by atoms with Crippen LogP contribution in [0.5, 0.6) is 0 Å². The molecule has 7 heteroatoms. The van der Waals surface area contributed by atoms with Gasteiger partial charge >= 0.3 is 0 Å². The minimum absolute atomic E-state index is 0. The molecule has 4 nitrogen and oxygen atoms in total. The zero-order chi connectivity index (χ0) is 17.9. The second-order valence-corrected chi connectivity index (χ2v) is 7.08. The predicted octanol–water partition coefficient (Wildman–Crippen LogP) is 4.31. The number of nitrogens with one attached hydrogen (secondary N) is 1. The van der Waals surface area contributed by atoms with Crippen LogP contribution in [0, 0.1) is 0 Å². The number of hydrogen-bond donors (Lipinski definition) is 2. The third-order valence-electron chi connectivity index (χ3n) is 4.86. The molecule has 28 heavy (non-hydrogen) atoms. The largest absolute Gasteiger partial charge is 0.353 e. The fraction of sp³-hybridized carbons (Fsp3) is 0.286. The van der Waals surface area contributed by atoms with Crippen LogP contribution >= 0.6 is 36.4 Å². The minimum atomic E-state index is 0. The molecule has 2 heterocycles. The van der Waals surface area contributed by atoms with Crippen molar-refractivity contribution in [2.75, 3.05) is 37.6 Å². The summed E-state index contributed by atoms with van der Waals surface area (Å²) in [7, 11) is 0. The lowest BCUT2D eigenvalue weighted by atomic mass is 10.00. The minimum Gasteiger partial charge on any atom is -0.353 e. The Balaban J connectivity index is 0.00000140. The molecule has 1 aromatic heterocycles. The van der Waals surface area contributed by atoms with Gasteiger partial charge < -0.3 is 16.0 Å². The summed E-state index contributed by atoms with van der Waals surface area (Å²) in [5.74, 6) is 0.887. The van der Waals surface area contributed by atoms with E-state index in [4.69, 9.17) is 22.3 Å². The number of benzene rings is 2. The van der Waals surface area contributed by atoms with Gasteiger partial charge in [-0.2, -0.15) is 0 Å². The number of anilines is 1. The lowest BCUT2D eigenvalue weighted by molar-refractivity contribution is 0.585. The van der Waals surface area contributed by atoms with Gasteiger partial charge in [0.1, 0.15) is 5.82 Å². The second-order valence-electron chi connectivity index (χ2n) is 6.68. The zero-order valence-corrected chi connectivity index (χ0v) is 17.9. The molecule has 0 atom stereocenters. The number of pyridine rings is 1.